The van der Waals surface area contributed by atoms with Gasteiger partial charge < -0.3 is 10.2 Å². The lowest BCUT2D eigenvalue weighted by molar-refractivity contribution is -0.122. The van der Waals surface area contributed by atoms with Gasteiger partial charge in [0.2, 0.25) is 5.91 Å². The number of halogens is 1. The number of piperidine rings is 1. The van der Waals surface area contributed by atoms with Gasteiger partial charge in [-0.05, 0) is 57.2 Å². The van der Waals surface area contributed by atoms with Crippen molar-refractivity contribution in [3.8, 4) is 0 Å². The van der Waals surface area contributed by atoms with Crippen LogP contribution in [-0.4, -0.2) is 51.2 Å². The lowest BCUT2D eigenvalue weighted by atomic mass is 9.78. The van der Waals surface area contributed by atoms with E-state index in [4.69, 9.17) is 0 Å². The van der Waals surface area contributed by atoms with Crippen LogP contribution < -0.4 is 5.32 Å². The number of benzene rings is 1. The molecular formula is C23H32FN5O. The van der Waals surface area contributed by atoms with Crippen LogP contribution in [-0.2, 0) is 16.8 Å². The van der Waals surface area contributed by atoms with Crippen LogP contribution in [0.2, 0.25) is 0 Å². The van der Waals surface area contributed by atoms with E-state index in [-0.39, 0.29) is 29.7 Å². The van der Waals surface area contributed by atoms with Crippen LogP contribution in [0.4, 0.5) is 4.39 Å². The fraction of sp³-hybridized carbons (Fsp3) is 0.609. The standard InChI is InChI=1S/C23H32FN5O/c1-17-25-18(2)29(27-17)15-22(30)26-21-8-12-28(13-9-21)16-23(10-3-4-11-23)19-6-5-7-20(24)14-19/h5-7,14,21H,3-4,8-13,15-16H2,1-2H3,(H,26,30). The Balaban J connectivity index is 1.30. The van der Waals surface area contributed by atoms with Crippen molar-refractivity contribution in [3.05, 3.63) is 47.3 Å². The molecule has 7 heteroatoms. The van der Waals surface area contributed by atoms with E-state index < -0.39 is 0 Å². The number of aryl methyl sites for hydroxylation is 2. The Morgan fingerprint density at radius 1 is 1.23 bits per heavy atom. The predicted octanol–water partition coefficient (Wildman–Crippen LogP) is 3.13. The third-order valence-corrected chi connectivity index (χ3v) is 6.73. The minimum Gasteiger partial charge on any atom is -0.352 e. The molecule has 1 N–H and O–H groups in total. The van der Waals surface area contributed by atoms with Crippen LogP contribution in [0.3, 0.4) is 0 Å². The number of rotatable bonds is 6. The van der Waals surface area contributed by atoms with Crippen molar-refractivity contribution in [1.29, 1.82) is 0 Å². The molecule has 6 nitrogen and oxygen atoms in total. The second-order valence-corrected chi connectivity index (χ2v) is 8.98. The van der Waals surface area contributed by atoms with Gasteiger partial charge in [0.1, 0.15) is 24.0 Å². The maximum atomic E-state index is 13.9. The number of hydrogen-bond donors (Lipinski definition) is 1. The van der Waals surface area contributed by atoms with Crippen molar-refractivity contribution >= 4 is 5.91 Å². The third kappa shape index (κ3) is 4.72. The molecule has 1 saturated carbocycles. The van der Waals surface area contributed by atoms with Gasteiger partial charge in [0.05, 0.1) is 0 Å². The molecule has 1 saturated heterocycles. The minimum atomic E-state index is -0.141. The molecule has 1 aromatic carbocycles. The van der Waals surface area contributed by atoms with Crippen LogP contribution in [0.15, 0.2) is 24.3 Å². The van der Waals surface area contributed by atoms with Crippen LogP contribution in [0.25, 0.3) is 0 Å². The fourth-order valence-electron chi connectivity index (χ4n) is 5.19. The van der Waals surface area contributed by atoms with E-state index in [1.54, 1.807) is 10.7 Å². The molecule has 1 aromatic heterocycles. The Morgan fingerprint density at radius 2 is 1.97 bits per heavy atom. The Labute approximate surface area is 177 Å². The molecule has 1 aliphatic carbocycles. The number of likely N-dealkylation sites (tertiary alicyclic amines) is 1. The summed E-state index contributed by atoms with van der Waals surface area (Å²) >= 11 is 0. The fourth-order valence-corrected chi connectivity index (χ4v) is 5.19. The molecule has 2 heterocycles. The molecule has 162 valence electrons. The molecular weight excluding hydrogens is 381 g/mol. The third-order valence-electron chi connectivity index (χ3n) is 6.73. The topological polar surface area (TPSA) is 63.1 Å². The second kappa shape index (κ2) is 8.84. The van der Waals surface area contributed by atoms with Gasteiger partial charge in [0.15, 0.2) is 0 Å². The zero-order valence-corrected chi connectivity index (χ0v) is 18.0. The number of nitrogens with one attached hydrogen (secondary N) is 1. The summed E-state index contributed by atoms with van der Waals surface area (Å²) < 4.78 is 15.5. The van der Waals surface area contributed by atoms with Crippen molar-refractivity contribution in [2.24, 2.45) is 0 Å². The summed E-state index contributed by atoms with van der Waals surface area (Å²) in [6.45, 7) is 6.82. The first-order valence-electron chi connectivity index (χ1n) is 11.1. The summed E-state index contributed by atoms with van der Waals surface area (Å²) in [7, 11) is 0. The molecule has 2 fully saturated rings. The first kappa shape index (κ1) is 21.0. The normalized spacial score (nSPS) is 19.8. The van der Waals surface area contributed by atoms with Gasteiger partial charge in [-0.1, -0.05) is 25.0 Å². The Hall–Kier alpha value is -2.28. The predicted molar refractivity (Wildman–Crippen MR) is 114 cm³/mol. The zero-order chi connectivity index (χ0) is 21.1. The maximum absolute atomic E-state index is 13.9. The van der Waals surface area contributed by atoms with E-state index in [2.05, 4.69) is 26.4 Å². The van der Waals surface area contributed by atoms with Crippen LogP contribution in [0, 0.1) is 19.7 Å². The van der Waals surface area contributed by atoms with Gasteiger partial charge in [-0.2, -0.15) is 5.10 Å². The van der Waals surface area contributed by atoms with Gasteiger partial charge in [-0.25, -0.2) is 14.1 Å². The molecule has 30 heavy (non-hydrogen) atoms. The van der Waals surface area contributed by atoms with Gasteiger partial charge in [0.25, 0.3) is 0 Å². The number of nitrogens with zero attached hydrogens (tertiary/aromatic N) is 4. The molecule has 1 aliphatic heterocycles. The molecule has 0 spiro atoms. The van der Waals surface area contributed by atoms with Crippen molar-refractivity contribution in [1.82, 2.24) is 25.0 Å². The van der Waals surface area contributed by atoms with Gasteiger partial charge in [0, 0.05) is 31.1 Å². The molecule has 2 aliphatic rings. The van der Waals surface area contributed by atoms with E-state index in [0.29, 0.717) is 5.82 Å². The lowest BCUT2D eigenvalue weighted by Gasteiger charge is -2.39. The van der Waals surface area contributed by atoms with Crippen molar-refractivity contribution < 1.29 is 9.18 Å². The van der Waals surface area contributed by atoms with Crippen LogP contribution >= 0.6 is 0 Å². The zero-order valence-electron chi connectivity index (χ0n) is 18.0. The van der Waals surface area contributed by atoms with E-state index in [1.165, 1.54) is 18.9 Å². The molecule has 0 bridgehead atoms. The molecule has 1 amide bonds. The highest BCUT2D eigenvalue weighted by Gasteiger charge is 2.38. The molecule has 4 rings (SSSR count). The SMILES string of the molecule is Cc1nc(C)n(CC(=O)NC2CCN(CC3(c4cccc(F)c4)CCCC3)CC2)n1. The Kier molecular flexibility index (Phi) is 6.18. The molecule has 2 aromatic rings. The molecule has 0 radical (unpaired) electrons. The van der Waals surface area contributed by atoms with Crippen LogP contribution in [0.5, 0.6) is 0 Å². The van der Waals surface area contributed by atoms with Gasteiger partial charge >= 0.3 is 0 Å². The maximum Gasteiger partial charge on any atom is 0.242 e. The van der Waals surface area contributed by atoms with Gasteiger partial charge in [-0.15, -0.1) is 0 Å². The average molecular weight is 414 g/mol. The monoisotopic (exact) mass is 413 g/mol. The largest absolute Gasteiger partial charge is 0.352 e. The van der Waals surface area contributed by atoms with E-state index in [9.17, 15) is 9.18 Å². The molecule has 0 atom stereocenters. The van der Waals surface area contributed by atoms with Crippen molar-refractivity contribution in [2.75, 3.05) is 19.6 Å². The first-order chi connectivity index (χ1) is 14.4. The summed E-state index contributed by atoms with van der Waals surface area (Å²) in [6, 6.07) is 7.39. The number of hydrogen-bond acceptors (Lipinski definition) is 4. The number of amides is 1. The average Bonchev–Trinajstić information content (AvgIpc) is 3.30. The van der Waals surface area contributed by atoms with Gasteiger partial charge in [-0.3, -0.25) is 4.79 Å². The summed E-state index contributed by atoms with van der Waals surface area (Å²) in [4.78, 5) is 19.2. The van der Waals surface area contributed by atoms with E-state index in [1.807, 2.05) is 19.9 Å². The first-order valence-corrected chi connectivity index (χ1v) is 11.1. The quantitative estimate of drug-likeness (QED) is 0.790. The Bertz CT molecular complexity index is 881. The highest BCUT2D eigenvalue weighted by molar-refractivity contribution is 5.76. The summed E-state index contributed by atoms with van der Waals surface area (Å²) in [5, 5.41) is 7.43. The minimum absolute atomic E-state index is 0.00604. The van der Waals surface area contributed by atoms with E-state index in [0.717, 1.165) is 56.7 Å². The van der Waals surface area contributed by atoms with Crippen molar-refractivity contribution in [2.45, 2.75) is 70.4 Å². The number of carbonyl (C=O) groups is 1. The summed E-state index contributed by atoms with van der Waals surface area (Å²) in [5.74, 6) is 1.30. The second-order valence-electron chi connectivity index (χ2n) is 8.98. The molecule has 0 unspecified atom stereocenters. The highest BCUT2D eigenvalue weighted by atomic mass is 19.1. The van der Waals surface area contributed by atoms with Crippen LogP contribution in [0.1, 0.15) is 55.7 Å². The van der Waals surface area contributed by atoms with Crippen molar-refractivity contribution in [3.63, 3.8) is 0 Å². The summed E-state index contributed by atoms with van der Waals surface area (Å²) in [6.07, 6.45) is 6.57. The van der Waals surface area contributed by atoms with E-state index >= 15 is 0 Å². The lowest BCUT2D eigenvalue weighted by Crippen LogP contribution is -2.48. The Morgan fingerprint density at radius 3 is 2.60 bits per heavy atom. The highest BCUT2D eigenvalue weighted by Crippen LogP contribution is 2.42. The smallest absolute Gasteiger partial charge is 0.242 e. The number of carbonyl (C=O) groups excluding carboxylic acids is 1. The summed E-state index contributed by atoms with van der Waals surface area (Å²) in [5.41, 5.74) is 1.22. The number of aromatic nitrogens is 3.